The van der Waals surface area contributed by atoms with Crippen molar-refractivity contribution in [1.82, 2.24) is 23.7 Å². The summed E-state index contributed by atoms with van der Waals surface area (Å²) < 4.78 is 55.2. The van der Waals surface area contributed by atoms with Crippen molar-refractivity contribution in [2.45, 2.75) is 37.5 Å². The van der Waals surface area contributed by atoms with E-state index in [1.54, 1.807) is 43.0 Å². The number of hydrogen-bond donors (Lipinski definition) is 1. The molecule has 2 aliphatic heterocycles. The van der Waals surface area contributed by atoms with Crippen molar-refractivity contribution in [3.63, 3.8) is 0 Å². The molecule has 0 radical (unpaired) electrons. The van der Waals surface area contributed by atoms with Gasteiger partial charge in [0.05, 0.1) is 16.3 Å². The number of carbonyl (C=O) groups is 2. The third-order valence-electron chi connectivity index (χ3n) is 7.40. The molecule has 3 amide bonds. The fourth-order valence-corrected chi connectivity index (χ4v) is 8.40. The van der Waals surface area contributed by atoms with E-state index in [2.05, 4.69) is 5.32 Å². The number of aryl methyl sites for hydroxylation is 4. The highest BCUT2D eigenvalue weighted by Crippen LogP contribution is 2.23. The molecule has 4 rings (SSSR count). The Labute approximate surface area is 236 Å². The topological polar surface area (TPSA) is 127 Å². The van der Waals surface area contributed by atoms with Crippen LogP contribution < -0.4 is 5.32 Å². The molecule has 2 aromatic carbocycles. The molecule has 0 spiro atoms. The number of rotatable bonds is 6. The first-order valence-electron chi connectivity index (χ1n) is 13.3. The monoisotopic (exact) mass is 591 g/mol. The summed E-state index contributed by atoms with van der Waals surface area (Å²) in [5.74, 6) is -0.298. The van der Waals surface area contributed by atoms with Crippen molar-refractivity contribution in [3.8, 4) is 0 Å². The number of nitrogens with zero attached hydrogens (tertiary/aromatic N) is 4. The molecule has 218 valence electrons. The highest BCUT2D eigenvalue weighted by Gasteiger charge is 2.33. The second-order valence-corrected chi connectivity index (χ2v) is 14.2. The van der Waals surface area contributed by atoms with Gasteiger partial charge in [0.25, 0.3) is 0 Å². The summed E-state index contributed by atoms with van der Waals surface area (Å²) in [7, 11) is -7.33. The summed E-state index contributed by atoms with van der Waals surface area (Å²) in [5.41, 5.74) is 3.34. The average Bonchev–Trinajstić information content (AvgIpc) is 2.91. The number of piperazine rings is 2. The van der Waals surface area contributed by atoms with Crippen molar-refractivity contribution in [1.29, 1.82) is 0 Å². The lowest BCUT2D eigenvalue weighted by molar-refractivity contribution is -0.131. The van der Waals surface area contributed by atoms with E-state index in [4.69, 9.17) is 0 Å². The van der Waals surface area contributed by atoms with Gasteiger partial charge in [0.15, 0.2) is 0 Å². The molecular formula is C27H37N5O6S2. The number of sulfonamides is 2. The summed E-state index contributed by atoms with van der Waals surface area (Å²) in [6.07, 6.45) is 0. The summed E-state index contributed by atoms with van der Waals surface area (Å²) in [5, 5.41) is 2.63. The zero-order valence-corrected chi connectivity index (χ0v) is 25.0. The number of carbonyl (C=O) groups excluding carboxylic acids is 2. The molecule has 2 saturated heterocycles. The van der Waals surface area contributed by atoms with E-state index in [0.29, 0.717) is 11.1 Å². The van der Waals surface area contributed by atoms with Crippen LogP contribution >= 0.6 is 0 Å². The molecule has 11 nitrogen and oxygen atoms in total. The quantitative estimate of drug-likeness (QED) is 0.542. The maximum Gasteiger partial charge on any atom is 0.317 e. The Morgan fingerprint density at radius 1 is 0.650 bits per heavy atom. The number of urea groups is 1. The van der Waals surface area contributed by atoms with Crippen molar-refractivity contribution in [3.05, 3.63) is 58.7 Å². The van der Waals surface area contributed by atoms with Gasteiger partial charge in [-0.25, -0.2) is 21.6 Å². The van der Waals surface area contributed by atoms with E-state index in [1.807, 2.05) is 26.0 Å². The molecule has 0 aromatic heterocycles. The molecule has 1 N–H and O–H groups in total. The van der Waals surface area contributed by atoms with Crippen molar-refractivity contribution >= 4 is 32.0 Å². The Balaban J connectivity index is 1.24. The minimum Gasteiger partial charge on any atom is -0.339 e. The molecule has 0 unspecified atom stereocenters. The standard InChI is InChI=1S/C27H37N5O6S2/c1-20-5-7-24(22(3)17-20)39(35,36)31-13-9-29(10-14-31)26(33)19-28-27(34)30-11-15-32(16-12-30)40(37,38)25-8-6-21(2)18-23(25)4/h5-8,17-18H,9-16,19H2,1-4H3,(H,28,34). The van der Waals surface area contributed by atoms with Crippen LogP contribution in [0.4, 0.5) is 4.79 Å². The zero-order chi connectivity index (χ0) is 29.2. The Morgan fingerprint density at radius 3 is 1.45 bits per heavy atom. The molecule has 2 aromatic rings. The van der Waals surface area contributed by atoms with Crippen LogP contribution in [-0.4, -0.2) is 106 Å². The van der Waals surface area contributed by atoms with Gasteiger partial charge >= 0.3 is 6.03 Å². The molecule has 2 heterocycles. The van der Waals surface area contributed by atoms with Crippen LogP contribution in [0.2, 0.25) is 0 Å². The van der Waals surface area contributed by atoms with Crippen LogP contribution in [0.5, 0.6) is 0 Å². The molecule has 13 heteroatoms. The average molecular weight is 592 g/mol. The van der Waals surface area contributed by atoms with Crippen molar-refractivity contribution in [2.75, 3.05) is 58.9 Å². The van der Waals surface area contributed by atoms with Gasteiger partial charge in [-0.1, -0.05) is 35.4 Å². The number of nitrogens with one attached hydrogen (secondary N) is 1. The Kier molecular flexibility index (Phi) is 8.88. The van der Waals surface area contributed by atoms with Gasteiger partial charge in [0, 0.05) is 52.4 Å². The Hall–Kier alpha value is -3.00. The highest BCUT2D eigenvalue weighted by molar-refractivity contribution is 7.89. The second-order valence-electron chi connectivity index (χ2n) is 10.4. The molecule has 0 atom stereocenters. The maximum absolute atomic E-state index is 13.1. The van der Waals surface area contributed by atoms with Crippen LogP contribution in [0.1, 0.15) is 22.3 Å². The molecule has 40 heavy (non-hydrogen) atoms. The molecular weight excluding hydrogens is 554 g/mol. The number of benzene rings is 2. The van der Waals surface area contributed by atoms with E-state index in [1.165, 1.54) is 13.5 Å². The molecule has 0 aliphatic carbocycles. The molecule has 0 saturated carbocycles. The third-order valence-corrected chi connectivity index (χ3v) is 11.5. The first-order valence-corrected chi connectivity index (χ1v) is 16.1. The second kappa shape index (κ2) is 11.9. The SMILES string of the molecule is Cc1ccc(S(=O)(=O)N2CCN(C(=O)CNC(=O)N3CCN(S(=O)(=O)c4ccc(C)cc4C)CC3)CC2)c(C)c1. The largest absolute Gasteiger partial charge is 0.339 e. The minimum atomic E-state index is -3.67. The molecule has 2 aliphatic rings. The first-order chi connectivity index (χ1) is 18.8. The molecule has 2 fully saturated rings. The van der Waals surface area contributed by atoms with Crippen LogP contribution in [-0.2, 0) is 24.8 Å². The van der Waals surface area contributed by atoms with Crippen LogP contribution in [0.15, 0.2) is 46.2 Å². The van der Waals surface area contributed by atoms with Crippen molar-refractivity contribution < 1.29 is 26.4 Å². The maximum atomic E-state index is 13.1. The van der Waals surface area contributed by atoms with E-state index in [0.717, 1.165) is 11.1 Å². The van der Waals surface area contributed by atoms with Crippen LogP contribution in [0, 0.1) is 27.7 Å². The Bertz CT molecular complexity index is 1380. The number of amides is 3. The summed E-state index contributed by atoms with van der Waals surface area (Å²) in [6.45, 7) is 8.67. The summed E-state index contributed by atoms with van der Waals surface area (Å²) in [4.78, 5) is 29.0. The van der Waals surface area contributed by atoms with E-state index < -0.39 is 26.1 Å². The molecule has 0 bridgehead atoms. The first kappa shape index (κ1) is 30.0. The van der Waals surface area contributed by atoms with Gasteiger partial charge in [-0.05, 0) is 51.0 Å². The number of hydrogen-bond acceptors (Lipinski definition) is 6. The van der Waals surface area contributed by atoms with Gasteiger partial charge in [-0.2, -0.15) is 8.61 Å². The zero-order valence-electron chi connectivity index (χ0n) is 23.4. The van der Waals surface area contributed by atoms with Crippen LogP contribution in [0.25, 0.3) is 0 Å². The van der Waals surface area contributed by atoms with E-state index in [9.17, 15) is 26.4 Å². The summed E-state index contributed by atoms with van der Waals surface area (Å²) in [6, 6.07) is 10.00. The van der Waals surface area contributed by atoms with Gasteiger partial charge < -0.3 is 15.1 Å². The van der Waals surface area contributed by atoms with Gasteiger partial charge in [-0.15, -0.1) is 0 Å². The fraction of sp³-hybridized carbons (Fsp3) is 0.481. The van der Waals surface area contributed by atoms with Gasteiger partial charge in [-0.3, -0.25) is 4.79 Å². The predicted octanol–water partition coefficient (Wildman–Crippen LogP) is 1.47. The van der Waals surface area contributed by atoms with Crippen LogP contribution in [0.3, 0.4) is 0 Å². The van der Waals surface area contributed by atoms with E-state index in [-0.39, 0.29) is 74.6 Å². The van der Waals surface area contributed by atoms with E-state index >= 15 is 0 Å². The lowest BCUT2D eigenvalue weighted by Gasteiger charge is -2.35. The normalized spacial score (nSPS) is 17.6. The van der Waals surface area contributed by atoms with Crippen molar-refractivity contribution in [2.24, 2.45) is 0 Å². The van der Waals surface area contributed by atoms with Gasteiger partial charge in [0.2, 0.25) is 26.0 Å². The lowest BCUT2D eigenvalue weighted by atomic mass is 10.2. The third kappa shape index (κ3) is 6.32. The predicted molar refractivity (Wildman–Crippen MR) is 151 cm³/mol. The summed E-state index contributed by atoms with van der Waals surface area (Å²) >= 11 is 0. The Morgan fingerprint density at radius 2 is 1.05 bits per heavy atom. The highest BCUT2D eigenvalue weighted by atomic mass is 32.2. The smallest absolute Gasteiger partial charge is 0.317 e. The minimum absolute atomic E-state index is 0.161. The lowest BCUT2D eigenvalue weighted by Crippen LogP contribution is -2.55. The fourth-order valence-electron chi connectivity index (χ4n) is 5.14. The van der Waals surface area contributed by atoms with Gasteiger partial charge in [0.1, 0.15) is 0 Å².